The SMILES string of the molecule is N=C(N)c1cccc2nonc12. The summed E-state index contributed by atoms with van der Waals surface area (Å²) in [5.41, 5.74) is 7.01. The molecule has 60 valence electrons. The van der Waals surface area contributed by atoms with Gasteiger partial charge in [-0.2, -0.15) is 0 Å². The van der Waals surface area contributed by atoms with E-state index in [2.05, 4.69) is 14.9 Å². The van der Waals surface area contributed by atoms with Crippen molar-refractivity contribution in [2.24, 2.45) is 5.73 Å². The third kappa shape index (κ3) is 0.833. The average molecular weight is 162 g/mol. The molecule has 12 heavy (non-hydrogen) atoms. The van der Waals surface area contributed by atoms with Gasteiger partial charge in [0.2, 0.25) is 0 Å². The molecule has 0 amide bonds. The Balaban J connectivity index is 2.82. The van der Waals surface area contributed by atoms with Crippen molar-refractivity contribution in [3.05, 3.63) is 23.8 Å². The van der Waals surface area contributed by atoms with Gasteiger partial charge in [0.15, 0.2) is 0 Å². The molecule has 0 aliphatic carbocycles. The van der Waals surface area contributed by atoms with Gasteiger partial charge in [0.05, 0.1) is 0 Å². The topological polar surface area (TPSA) is 88.8 Å². The van der Waals surface area contributed by atoms with E-state index in [4.69, 9.17) is 11.1 Å². The smallest absolute Gasteiger partial charge is 0.146 e. The van der Waals surface area contributed by atoms with Gasteiger partial charge in [-0.25, -0.2) is 4.63 Å². The van der Waals surface area contributed by atoms with Crippen LogP contribution < -0.4 is 5.73 Å². The Kier molecular flexibility index (Phi) is 1.30. The fourth-order valence-electron chi connectivity index (χ4n) is 1.02. The maximum Gasteiger partial charge on any atom is 0.146 e. The Bertz CT molecular complexity index is 434. The van der Waals surface area contributed by atoms with Crippen LogP contribution in [0.1, 0.15) is 5.56 Å². The molecule has 0 saturated heterocycles. The number of amidine groups is 1. The largest absolute Gasteiger partial charge is 0.384 e. The average Bonchev–Trinajstić information content (AvgIpc) is 2.49. The molecule has 0 bridgehead atoms. The lowest BCUT2D eigenvalue weighted by Crippen LogP contribution is -2.11. The first-order valence-corrected chi connectivity index (χ1v) is 3.35. The zero-order valence-electron chi connectivity index (χ0n) is 6.11. The molecule has 0 atom stereocenters. The third-order valence-electron chi connectivity index (χ3n) is 1.58. The second-order valence-electron chi connectivity index (χ2n) is 2.35. The number of aromatic nitrogens is 2. The van der Waals surface area contributed by atoms with Crippen molar-refractivity contribution in [2.75, 3.05) is 0 Å². The molecular formula is C7H6N4O. The van der Waals surface area contributed by atoms with E-state index in [9.17, 15) is 0 Å². The maximum atomic E-state index is 7.22. The standard InChI is InChI=1S/C7H6N4O/c8-7(9)4-2-1-3-5-6(4)11-12-10-5/h1-3H,(H3,8,9). The van der Waals surface area contributed by atoms with Gasteiger partial charge in [-0.15, -0.1) is 0 Å². The molecule has 0 unspecified atom stereocenters. The van der Waals surface area contributed by atoms with Crippen molar-refractivity contribution in [2.45, 2.75) is 0 Å². The van der Waals surface area contributed by atoms with Crippen LogP contribution in [0.2, 0.25) is 0 Å². The van der Waals surface area contributed by atoms with E-state index in [1.54, 1.807) is 18.2 Å². The lowest BCUT2D eigenvalue weighted by atomic mass is 10.2. The van der Waals surface area contributed by atoms with Gasteiger partial charge in [0.1, 0.15) is 16.9 Å². The molecule has 2 rings (SSSR count). The number of nitrogens with one attached hydrogen (secondary N) is 1. The zero-order chi connectivity index (χ0) is 8.55. The molecule has 1 heterocycles. The lowest BCUT2D eigenvalue weighted by molar-refractivity contribution is 0.315. The van der Waals surface area contributed by atoms with Gasteiger partial charge >= 0.3 is 0 Å². The van der Waals surface area contributed by atoms with E-state index in [-0.39, 0.29) is 5.84 Å². The summed E-state index contributed by atoms with van der Waals surface area (Å²) in [6.45, 7) is 0. The highest BCUT2D eigenvalue weighted by Crippen LogP contribution is 2.13. The van der Waals surface area contributed by atoms with Crippen molar-refractivity contribution in [1.82, 2.24) is 10.3 Å². The highest BCUT2D eigenvalue weighted by molar-refractivity contribution is 6.04. The van der Waals surface area contributed by atoms with Gasteiger partial charge in [0.25, 0.3) is 0 Å². The van der Waals surface area contributed by atoms with Crippen LogP contribution in [0.3, 0.4) is 0 Å². The van der Waals surface area contributed by atoms with Crippen LogP contribution in [-0.2, 0) is 0 Å². The van der Waals surface area contributed by atoms with E-state index in [0.29, 0.717) is 16.6 Å². The molecule has 1 aromatic heterocycles. The number of nitrogens with zero attached hydrogens (tertiary/aromatic N) is 2. The minimum absolute atomic E-state index is 0.0312. The van der Waals surface area contributed by atoms with Gasteiger partial charge in [-0.05, 0) is 22.4 Å². The monoisotopic (exact) mass is 162 g/mol. The normalized spacial score (nSPS) is 10.3. The summed E-state index contributed by atoms with van der Waals surface area (Å²) in [4.78, 5) is 0. The van der Waals surface area contributed by atoms with E-state index in [1.165, 1.54) is 0 Å². The summed E-state index contributed by atoms with van der Waals surface area (Å²) in [5.74, 6) is -0.0312. The number of fused-ring (bicyclic) bond motifs is 1. The minimum atomic E-state index is -0.0312. The summed E-state index contributed by atoms with van der Waals surface area (Å²) in [5, 5.41) is 14.5. The Labute approximate surface area is 67.6 Å². The number of benzene rings is 1. The summed E-state index contributed by atoms with van der Waals surface area (Å²) in [7, 11) is 0. The second-order valence-corrected chi connectivity index (χ2v) is 2.35. The van der Waals surface area contributed by atoms with Gasteiger partial charge < -0.3 is 5.73 Å². The molecule has 0 radical (unpaired) electrons. The Morgan fingerprint density at radius 3 is 3.00 bits per heavy atom. The van der Waals surface area contributed by atoms with Gasteiger partial charge in [-0.3, -0.25) is 5.41 Å². The quantitative estimate of drug-likeness (QED) is 0.472. The summed E-state index contributed by atoms with van der Waals surface area (Å²) in [6.07, 6.45) is 0. The van der Waals surface area contributed by atoms with Crippen molar-refractivity contribution in [3.63, 3.8) is 0 Å². The predicted octanol–water partition coefficient (Wildman–Crippen LogP) is 0.507. The van der Waals surface area contributed by atoms with Crippen LogP contribution in [0.25, 0.3) is 11.0 Å². The first-order chi connectivity index (χ1) is 5.79. The number of hydrogen-bond donors (Lipinski definition) is 2. The molecule has 1 aromatic carbocycles. The molecule has 5 nitrogen and oxygen atoms in total. The minimum Gasteiger partial charge on any atom is -0.384 e. The molecule has 0 fully saturated rings. The van der Waals surface area contributed by atoms with E-state index in [1.807, 2.05) is 0 Å². The van der Waals surface area contributed by atoms with E-state index < -0.39 is 0 Å². The molecule has 0 aliphatic heterocycles. The second kappa shape index (κ2) is 2.30. The van der Waals surface area contributed by atoms with E-state index >= 15 is 0 Å². The van der Waals surface area contributed by atoms with Gasteiger partial charge in [0, 0.05) is 5.56 Å². The maximum absolute atomic E-state index is 7.22. The molecule has 0 aliphatic rings. The molecule has 0 spiro atoms. The van der Waals surface area contributed by atoms with Crippen molar-refractivity contribution < 1.29 is 4.63 Å². The van der Waals surface area contributed by atoms with Crippen molar-refractivity contribution in [1.29, 1.82) is 5.41 Å². The molecule has 3 N–H and O–H groups in total. The fraction of sp³-hybridized carbons (Fsp3) is 0. The predicted molar refractivity (Wildman–Crippen MR) is 42.8 cm³/mol. The summed E-state index contributed by atoms with van der Waals surface area (Å²) < 4.78 is 4.50. The highest BCUT2D eigenvalue weighted by atomic mass is 16.6. The van der Waals surface area contributed by atoms with Crippen LogP contribution in [-0.4, -0.2) is 16.1 Å². The number of nitrogens with two attached hydrogens (primary N) is 1. The summed E-state index contributed by atoms with van der Waals surface area (Å²) >= 11 is 0. The number of nitrogen functional groups attached to an aromatic ring is 1. The highest BCUT2D eigenvalue weighted by Gasteiger charge is 2.07. The van der Waals surface area contributed by atoms with Crippen LogP contribution >= 0.6 is 0 Å². The molecule has 0 saturated carbocycles. The van der Waals surface area contributed by atoms with Crippen LogP contribution in [0.5, 0.6) is 0 Å². The van der Waals surface area contributed by atoms with Crippen molar-refractivity contribution >= 4 is 16.9 Å². The summed E-state index contributed by atoms with van der Waals surface area (Å²) in [6, 6.07) is 5.20. The third-order valence-corrected chi connectivity index (χ3v) is 1.58. The van der Waals surface area contributed by atoms with Crippen LogP contribution in [0, 0.1) is 5.41 Å². The van der Waals surface area contributed by atoms with Crippen molar-refractivity contribution in [3.8, 4) is 0 Å². The lowest BCUT2D eigenvalue weighted by Gasteiger charge is -1.94. The number of rotatable bonds is 1. The van der Waals surface area contributed by atoms with Gasteiger partial charge in [-0.1, -0.05) is 6.07 Å². The van der Waals surface area contributed by atoms with Crippen LogP contribution in [0.4, 0.5) is 0 Å². The molecule has 2 aromatic rings. The number of hydrogen-bond acceptors (Lipinski definition) is 4. The Morgan fingerprint density at radius 1 is 1.42 bits per heavy atom. The Morgan fingerprint density at radius 2 is 2.25 bits per heavy atom. The Hall–Kier alpha value is -1.91. The molecular weight excluding hydrogens is 156 g/mol. The zero-order valence-corrected chi connectivity index (χ0v) is 6.11. The molecule has 5 heteroatoms. The van der Waals surface area contributed by atoms with Crippen LogP contribution in [0.15, 0.2) is 22.8 Å². The first kappa shape index (κ1) is 6.78. The van der Waals surface area contributed by atoms with E-state index in [0.717, 1.165) is 0 Å². The first-order valence-electron chi connectivity index (χ1n) is 3.35. The fourth-order valence-corrected chi connectivity index (χ4v) is 1.02.